The van der Waals surface area contributed by atoms with Crippen molar-refractivity contribution in [2.45, 2.75) is 45.1 Å². The first-order valence-electron chi connectivity index (χ1n) is 7.55. The standard InChI is InChI=1S/C17H20F4O/c1-2-11-3-5-12(6-4-11)7-8-13-9-14(18)16(15(19)10-13)22-17(20)21/h2,9-12,17H,1,3-8H2. The summed E-state index contributed by atoms with van der Waals surface area (Å²) in [6, 6.07) is 2.16. The van der Waals surface area contributed by atoms with Crippen LogP contribution in [0.3, 0.4) is 0 Å². The van der Waals surface area contributed by atoms with E-state index in [2.05, 4.69) is 11.3 Å². The quantitative estimate of drug-likeness (QED) is 0.498. The molecule has 0 N–H and O–H groups in total. The maximum absolute atomic E-state index is 13.6. The minimum Gasteiger partial charge on any atom is -0.429 e. The van der Waals surface area contributed by atoms with E-state index in [0.29, 0.717) is 23.8 Å². The molecular formula is C17H20F4O. The molecule has 1 aromatic carbocycles. The summed E-state index contributed by atoms with van der Waals surface area (Å²) in [5.41, 5.74) is 0.475. The van der Waals surface area contributed by atoms with E-state index in [4.69, 9.17) is 0 Å². The lowest BCUT2D eigenvalue weighted by Crippen LogP contribution is -2.13. The molecule has 0 unspecified atom stereocenters. The van der Waals surface area contributed by atoms with Crippen LogP contribution in [0.5, 0.6) is 5.75 Å². The predicted molar refractivity (Wildman–Crippen MR) is 77.0 cm³/mol. The Hall–Kier alpha value is -1.52. The summed E-state index contributed by atoms with van der Waals surface area (Å²) in [4.78, 5) is 0. The summed E-state index contributed by atoms with van der Waals surface area (Å²) in [6.45, 7) is 0.562. The summed E-state index contributed by atoms with van der Waals surface area (Å²) < 4.78 is 55.2. The van der Waals surface area contributed by atoms with Crippen LogP contribution >= 0.6 is 0 Å². The number of hydrogen-bond acceptors (Lipinski definition) is 1. The Morgan fingerprint density at radius 1 is 1.14 bits per heavy atom. The second-order valence-corrected chi connectivity index (χ2v) is 5.82. The van der Waals surface area contributed by atoms with Crippen molar-refractivity contribution in [2.75, 3.05) is 0 Å². The van der Waals surface area contributed by atoms with Gasteiger partial charge in [0, 0.05) is 0 Å². The molecule has 5 heteroatoms. The Morgan fingerprint density at radius 3 is 2.23 bits per heavy atom. The minimum absolute atomic E-state index is 0.475. The molecule has 2 rings (SSSR count). The summed E-state index contributed by atoms with van der Waals surface area (Å²) in [6.07, 6.45) is 7.77. The smallest absolute Gasteiger partial charge is 0.387 e. The molecule has 0 radical (unpaired) electrons. The Kier molecular flexibility index (Phi) is 5.86. The van der Waals surface area contributed by atoms with Crippen LogP contribution < -0.4 is 4.74 Å². The number of hydrogen-bond donors (Lipinski definition) is 0. The van der Waals surface area contributed by atoms with Crippen LogP contribution in [0, 0.1) is 23.5 Å². The number of halogens is 4. The van der Waals surface area contributed by atoms with E-state index in [1.807, 2.05) is 6.08 Å². The van der Waals surface area contributed by atoms with Crippen LogP contribution in [0.15, 0.2) is 24.8 Å². The lowest BCUT2D eigenvalue weighted by atomic mass is 9.79. The first-order chi connectivity index (χ1) is 10.5. The number of benzene rings is 1. The third-order valence-corrected chi connectivity index (χ3v) is 4.33. The zero-order valence-corrected chi connectivity index (χ0v) is 12.3. The molecule has 0 atom stereocenters. The van der Waals surface area contributed by atoms with Crippen molar-refractivity contribution in [3.8, 4) is 5.75 Å². The number of allylic oxidation sites excluding steroid dienone is 1. The molecule has 1 aliphatic carbocycles. The normalized spacial score (nSPS) is 21.9. The van der Waals surface area contributed by atoms with Crippen molar-refractivity contribution in [3.63, 3.8) is 0 Å². The van der Waals surface area contributed by atoms with Gasteiger partial charge in [0.05, 0.1) is 0 Å². The molecule has 1 aromatic rings. The van der Waals surface area contributed by atoms with E-state index in [9.17, 15) is 17.6 Å². The van der Waals surface area contributed by atoms with Crippen molar-refractivity contribution in [3.05, 3.63) is 42.0 Å². The number of alkyl halides is 2. The third-order valence-electron chi connectivity index (χ3n) is 4.33. The van der Waals surface area contributed by atoms with Crippen molar-refractivity contribution in [1.29, 1.82) is 0 Å². The van der Waals surface area contributed by atoms with Crippen molar-refractivity contribution in [2.24, 2.45) is 11.8 Å². The molecule has 0 aromatic heterocycles. The van der Waals surface area contributed by atoms with Crippen LogP contribution in [-0.2, 0) is 6.42 Å². The van der Waals surface area contributed by atoms with E-state index >= 15 is 0 Å². The van der Waals surface area contributed by atoms with E-state index in [1.54, 1.807) is 0 Å². The average Bonchev–Trinajstić information content (AvgIpc) is 2.49. The topological polar surface area (TPSA) is 9.23 Å². The molecule has 1 nitrogen and oxygen atoms in total. The van der Waals surface area contributed by atoms with Crippen molar-refractivity contribution >= 4 is 0 Å². The Morgan fingerprint density at radius 2 is 1.73 bits per heavy atom. The van der Waals surface area contributed by atoms with E-state index in [0.717, 1.165) is 44.2 Å². The molecule has 0 heterocycles. The molecule has 0 bridgehead atoms. The molecule has 0 spiro atoms. The number of aryl methyl sites for hydroxylation is 1. The van der Waals surface area contributed by atoms with Gasteiger partial charge < -0.3 is 4.74 Å². The fourth-order valence-electron chi connectivity index (χ4n) is 3.04. The summed E-state index contributed by atoms with van der Waals surface area (Å²) in [5, 5.41) is 0. The molecule has 1 saturated carbocycles. The van der Waals surface area contributed by atoms with Crippen LogP contribution in [0.2, 0.25) is 0 Å². The molecule has 0 aliphatic heterocycles. The first kappa shape index (κ1) is 16.8. The monoisotopic (exact) mass is 316 g/mol. The zero-order valence-electron chi connectivity index (χ0n) is 12.3. The fourth-order valence-corrected chi connectivity index (χ4v) is 3.04. The SMILES string of the molecule is C=CC1CCC(CCc2cc(F)c(OC(F)F)c(F)c2)CC1. The van der Waals surface area contributed by atoms with Gasteiger partial charge in [-0.05, 0) is 68.1 Å². The van der Waals surface area contributed by atoms with E-state index in [-0.39, 0.29) is 0 Å². The molecule has 1 fully saturated rings. The van der Waals surface area contributed by atoms with Gasteiger partial charge >= 0.3 is 6.61 Å². The molecule has 122 valence electrons. The Bertz CT molecular complexity index is 484. The maximum Gasteiger partial charge on any atom is 0.387 e. The highest BCUT2D eigenvalue weighted by Gasteiger charge is 2.20. The van der Waals surface area contributed by atoms with Gasteiger partial charge in [-0.3, -0.25) is 0 Å². The molecular weight excluding hydrogens is 296 g/mol. The van der Waals surface area contributed by atoms with Gasteiger partial charge in [0.15, 0.2) is 17.4 Å². The maximum atomic E-state index is 13.6. The molecule has 1 aliphatic rings. The molecule has 22 heavy (non-hydrogen) atoms. The van der Waals surface area contributed by atoms with Gasteiger partial charge in [-0.1, -0.05) is 6.08 Å². The van der Waals surface area contributed by atoms with Gasteiger partial charge in [0.1, 0.15) is 0 Å². The lowest BCUT2D eigenvalue weighted by Gasteiger charge is -2.26. The van der Waals surface area contributed by atoms with Crippen LogP contribution in [0.4, 0.5) is 17.6 Å². The van der Waals surface area contributed by atoms with Crippen molar-refractivity contribution < 1.29 is 22.3 Å². The van der Waals surface area contributed by atoms with Gasteiger partial charge in [0.25, 0.3) is 0 Å². The second-order valence-electron chi connectivity index (χ2n) is 5.82. The van der Waals surface area contributed by atoms with Crippen LogP contribution in [0.1, 0.15) is 37.7 Å². The van der Waals surface area contributed by atoms with Gasteiger partial charge in [-0.15, -0.1) is 6.58 Å². The highest BCUT2D eigenvalue weighted by Crippen LogP contribution is 2.33. The zero-order chi connectivity index (χ0) is 16.1. The summed E-state index contributed by atoms with van der Waals surface area (Å²) >= 11 is 0. The van der Waals surface area contributed by atoms with E-state index in [1.165, 1.54) is 0 Å². The minimum atomic E-state index is -3.24. The van der Waals surface area contributed by atoms with E-state index < -0.39 is 24.0 Å². The van der Waals surface area contributed by atoms with Gasteiger partial charge in [0.2, 0.25) is 0 Å². The molecule has 0 saturated heterocycles. The molecule has 0 amide bonds. The number of rotatable bonds is 6. The van der Waals surface area contributed by atoms with Crippen LogP contribution in [-0.4, -0.2) is 6.61 Å². The number of ether oxygens (including phenoxy) is 1. The summed E-state index contributed by atoms with van der Waals surface area (Å²) in [7, 11) is 0. The van der Waals surface area contributed by atoms with Gasteiger partial charge in [-0.25, -0.2) is 8.78 Å². The lowest BCUT2D eigenvalue weighted by molar-refractivity contribution is -0.0546. The summed E-state index contributed by atoms with van der Waals surface area (Å²) in [5.74, 6) is -2.04. The third kappa shape index (κ3) is 4.49. The average molecular weight is 316 g/mol. The largest absolute Gasteiger partial charge is 0.429 e. The predicted octanol–water partition coefficient (Wildman–Crippen LogP) is 5.49. The highest BCUT2D eigenvalue weighted by molar-refractivity contribution is 5.31. The van der Waals surface area contributed by atoms with Crippen LogP contribution in [0.25, 0.3) is 0 Å². The Labute approximate surface area is 128 Å². The highest BCUT2D eigenvalue weighted by atomic mass is 19.3. The first-order valence-corrected chi connectivity index (χ1v) is 7.55. The fraction of sp³-hybridized carbons (Fsp3) is 0.529. The second kappa shape index (κ2) is 7.65. The van der Waals surface area contributed by atoms with Gasteiger partial charge in [-0.2, -0.15) is 8.78 Å². The Balaban J connectivity index is 1.92. The van der Waals surface area contributed by atoms with Crippen molar-refractivity contribution in [1.82, 2.24) is 0 Å².